The molecule has 0 aliphatic heterocycles. The number of hydrogen-bond acceptors (Lipinski definition) is 6. The average Bonchev–Trinajstić information content (AvgIpc) is 3.65. The highest BCUT2D eigenvalue weighted by atomic mass is 16.5. The smallest absolute Gasteiger partial charge is 0.138 e. The topological polar surface area (TPSA) is 82.3 Å². The fraction of sp³-hybridized carbons (Fsp3) is 0.158. The minimum atomic E-state index is 0.760. The van der Waals surface area contributed by atoms with Gasteiger partial charge in [-0.05, 0) is 87.8 Å². The quantitative estimate of drug-likeness (QED) is 0.162. The van der Waals surface area contributed by atoms with E-state index in [9.17, 15) is 0 Å². The summed E-state index contributed by atoms with van der Waals surface area (Å²) in [5, 5.41) is 0. The van der Waals surface area contributed by atoms with Gasteiger partial charge >= 0.3 is 0 Å². The minimum absolute atomic E-state index is 0.760. The van der Waals surface area contributed by atoms with E-state index in [1.807, 2.05) is 60.7 Å². The van der Waals surface area contributed by atoms with E-state index in [0.29, 0.717) is 0 Å². The highest BCUT2D eigenvalue weighted by molar-refractivity contribution is 5.83. The van der Waals surface area contributed by atoms with E-state index < -0.39 is 0 Å². The molecule has 2 N–H and O–H groups in total. The van der Waals surface area contributed by atoms with Crippen LogP contribution in [0.15, 0.2) is 109 Å². The Morgan fingerprint density at radius 1 is 0.500 bits per heavy atom. The zero-order valence-electron chi connectivity index (χ0n) is 26.4. The van der Waals surface area contributed by atoms with Gasteiger partial charge in [-0.1, -0.05) is 48.5 Å². The van der Waals surface area contributed by atoms with Crippen molar-refractivity contribution in [2.45, 2.75) is 13.1 Å². The van der Waals surface area contributed by atoms with Gasteiger partial charge in [0.15, 0.2) is 0 Å². The van der Waals surface area contributed by atoms with Gasteiger partial charge in [0.2, 0.25) is 0 Å². The van der Waals surface area contributed by atoms with E-state index in [1.54, 1.807) is 0 Å². The lowest BCUT2D eigenvalue weighted by atomic mass is 10.1. The molecule has 0 saturated carbocycles. The SMILES string of the molecule is CN(C)Cc1cccc(Oc2ccc3nc(-c4ccc(-c5nc6ccc(Oc7cccc(CN(C)C)c7)cc6[nH]5)cc4)[nH]c3c2)c1. The number of nitrogens with one attached hydrogen (secondary N) is 2. The second-order valence-electron chi connectivity index (χ2n) is 12.1. The number of aromatic amines is 2. The molecule has 0 bridgehead atoms. The number of H-pyrrole nitrogens is 2. The van der Waals surface area contributed by atoms with Crippen molar-refractivity contribution in [3.8, 4) is 45.8 Å². The molecule has 0 atom stereocenters. The second kappa shape index (κ2) is 12.5. The first-order valence-corrected chi connectivity index (χ1v) is 15.3. The molecule has 7 rings (SSSR count). The van der Waals surface area contributed by atoms with Crippen LogP contribution in [0.3, 0.4) is 0 Å². The summed E-state index contributed by atoms with van der Waals surface area (Å²) in [4.78, 5) is 20.8. The van der Waals surface area contributed by atoms with Crippen LogP contribution in [0.5, 0.6) is 23.0 Å². The monoisotopic (exact) mass is 608 g/mol. The lowest BCUT2D eigenvalue weighted by Crippen LogP contribution is -2.10. The molecule has 230 valence electrons. The summed E-state index contributed by atoms with van der Waals surface area (Å²) in [5.74, 6) is 4.75. The van der Waals surface area contributed by atoms with Gasteiger partial charge in [-0.25, -0.2) is 9.97 Å². The maximum atomic E-state index is 6.18. The molecular formula is C38H36N6O2. The van der Waals surface area contributed by atoms with Crippen LogP contribution in [-0.4, -0.2) is 57.9 Å². The van der Waals surface area contributed by atoms with Gasteiger partial charge in [0, 0.05) is 36.3 Å². The Morgan fingerprint density at radius 2 is 0.913 bits per heavy atom. The molecule has 0 unspecified atom stereocenters. The molecule has 8 heteroatoms. The number of nitrogens with zero attached hydrogens (tertiary/aromatic N) is 4. The molecule has 0 amide bonds. The lowest BCUT2D eigenvalue weighted by Gasteiger charge is -2.11. The third kappa shape index (κ3) is 6.63. The number of hydrogen-bond donors (Lipinski definition) is 2. The maximum Gasteiger partial charge on any atom is 0.138 e. The van der Waals surface area contributed by atoms with Gasteiger partial charge in [-0.2, -0.15) is 0 Å². The van der Waals surface area contributed by atoms with E-state index in [4.69, 9.17) is 19.4 Å². The molecule has 0 saturated heterocycles. The molecule has 46 heavy (non-hydrogen) atoms. The van der Waals surface area contributed by atoms with Gasteiger partial charge in [0.25, 0.3) is 0 Å². The van der Waals surface area contributed by atoms with Crippen molar-refractivity contribution < 1.29 is 9.47 Å². The van der Waals surface area contributed by atoms with Crippen LogP contribution in [-0.2, 0) is 13.1 Å². The molecule has 0 spiro atoms. The number of fused-ring (bicyclic) bond motifs is 2. The number of benzene rings is 5. The van der Waals surface area contributed by atoms with Crippen LogP contribution < -0.4 is 9.47 Å². The zero-order chi connectivity index (χ0) is 31.6. The Hall–Kier alpha value is -5.44. The van der Waals surface area contributed by atoms with E-state index in [2.05, 4.69) is 96.5 Å². The van der Waals surface area contributed by atoms with Crippen LogP contribution in [0.1, 0.15) is 11.1 Å². The van der Waals surface area contributed by atoms with Crippen LogP contribution in [0.25, 0.3) is 44.8 Å². The van der Waals surface area contributed by atoms with E-state index in [-0.39, 0.29) is 0 Å². The molecule has 0 aliphatic rings. The fourth-order valence-corrected chi connectivity index (χ4v) is 5.58. The van der Waals surface area contributed by atoms with Gasteiger partial charge in [0.05, 0.1) is 22.1 Å². The number of aromatic nitrogens is 4. The van der Waals surface area contributed by atoms with Crippen molar-refractivity contribution >= 4 is 22.1 Å². The first-order chi connectivity index (χ1) is 22.3. The first-order valence-electron chi connectivity index (χ1n) is 15.3. The van der Waals surface area contributed by atoms with Crippen molar-refractivity contribution in [1.29, 1.82) is 0 Å². The van der Waals surface area contributed by atoms with Crippen molar-refractivity contribution in [3.05, 3.63) is 120 Å². The summed E-state index contributed by atoms with van der Waals surface area (Å²) in [7, 11) is 8.24. The Kier molecular flexibility index (Phi) is 7.97. The van der Waals surface area contributed by atoms with Crippen molar-refractivity contribution in [3.63, 3.8) is 0 Å². The summed E-state index contributed by atoms with van der Waals surface area (Å²) in [6.45, 7) is 1.72. The van der Waals surface area contributed by atoms with Crippen LogP contribution in [0.4, 0.5) is 0 Å². The van der Waals surface area contributed by atoms with E-state index in [0.717, 1.165) is 80.9 Å². The van der Waals surface area contributed by atoms with Crippen LogP contribution in [0.2, 0.25) is 0 Å². The summed E-state index contributed by atoms with van der Waals surface area (Å²) in [5.41, 5.74) is 7.98. The molecule has 8 nitrogen and oxygen atoms in total. The number of imidazole rings is 2. The number of ether oxygens (including phenoxy) is 2. The Labute approximate surface area is 268 Å². The second-order valence-corrected chi connectivity index (χ2v) is 12.1. The first kappa shape index (κ1) is 29.3. The highest BCUT2D eigenvalue weighted by Crippen LogP contribution is 2.30. The van der Waals surface area contributed by atoms with Crippen LogP contribution >= 0.6 is 0 Å². The lowest BCUT2D eigenvalue weighted by molar-refractivity contribution is 0.401. The molecular weight excluding hydrogens is 572 g/mol. The highest BCUT2D eigenvalue weighted by Gasteiger charge is 2.11. The van der Waals surface area contributed by atoms with E-state index in [1.165, 1.54) is 11.1 Å². The largest absolute Gasteiger partial charge is 0.457 e. The summed E-state index contributed by atoms with van der Waals surface area (Å²) in [6.07, 6.45) is 0. The Balaban J connectivity index is 1.06. The molecule has 0 radical (unpaired) electrons. The van der Waals surface area contributed by atoms with Crippen LogP contribution in [0, 0.1) is 0 Å². The third-order valence-electron chi connectivity index (χ3n) is 7.60. The summed E-state index contributed by atoms with van der Waals surface area (Å²) in [6, 6.07) is 36.5. The van der Waals surface area contributed by atoms with Gasteiger partial charge in [-0.15, -0.1) is 0 Å². The molecule has 0 aliphatic carbocycles. The molecule has 2 aromatic heterocycles. The minimum Gasteiger partial charge on any atom is -0.457 e. The summed E-state index contributed by atoms with van der Waals surface area (Å²) >= 11 is 0. The Bertz CT molecular complexity index is 1980. The normalized spacial score (nSPS) is 11.6. The van der Waals surface area contributed by atoms with Gasteiger partial charge in [0.1, 0.15) is 34.6 Å². The zero-order valence-corrected chi connectivity index (χ0v) is 26.4. The van der Waals surface area contributed by atoms with Crippen molar-refractivity contribution in [2.24, 2.45) is 0 Å². The van der Waals surface area contributed by atoms with E-state index >= 15 is 0 Å². The third-order valence-corrected chi connectivity index (χ3v) is 7.60. The molecule has 7 aromatic rings. The molecule has 5 aromatic carbocycles. The number of rotatable bonds is 10. The summed E-state index contributed by atoms with van der Waals surface area (Å²) < 4.78 is 12.4. The fourth-order valence-electron chi connectivity index (χ4n) is 5.58. The average molecular weight is 609 g/mol. The van der Waals surface area contributed by atoms with Gasteiger partial charge in [-0.3, -0.25) is 0 Å². The molecule has 0 fully saturated rings. The predicted octanol–water partition coefficient (Wildman–Crippen LogP) is 8.48. The van der Waals surface area contributed by atoms with Crippen molar-refractivity contribution in [2.75, 3.05) is 28.2 Å². The standard InChI is InChI=1S/C38H36N6O2/c1-43(2)23-25-7-5-9-29(19-25)45-31-15-17-33-35(21-31)41-37(39-33)27-11-13-28(14-12-27)38-40-34-18-16-32(22-36(34)42-38)46-30-10-6-8-26(20-30)24-44(3)4/h5-22H,23-24H2,1-4H3,(H,39,41)(H,40,42). The predicted molar refractivity (Wildman–Crippen MR) is 184 cm³/mol. The Morgan fingerprint density at radius 3 is 1.33 bits per heavy atom. The molecule has 2 heterocycles. The van der Waals surface area contributed by atoms with Gasteiger partial charge < -0.3 is 29.2 Å². The maximum absolute atomic E-state index is 6.18. The van der Waals surface area contributed by atoms with Crippen molar-refractivity contribution in [1.82, 2.24) is 29.7 Å².